The van der Waals surface area contributed by atoms with Gasteiger partial charge in [-0.3, -0.25) is 10.00 Å². The topological polar surface area (TPSA) is 75.9 Å². The summed E-state index contributed by atoms with van der Waals surface area (Å²) >= 11 is 3.27. The molecule has 0 aliphatic carbocycles. The van der Waals surface area contributed by atoms with E-state index in [0.717, 1.165) is 10.0 Å². The van der Waals surface area contributed by atoms with Crippen LogP contribution in [-0.4, -0.2) is 37.7 Å². The number of carbonyl (C=O) groups excluding carboxylic acids is 1. The Morgan fingerprint density at radius 1 is 1.40 bits per heavy atom. The predicted octanol–water partition coefficient (Wildman–Crippen LogP) is 1.94. The summed E-state index contributed by atoms with van der Waals surface area (Å²) < 4.78 is 2.43. The largest absolute Gasteiger partial charge is 0.323 e. The van der Waals surface area contributed by atoms with E-state index >= 15 is 0 Å². The smallest absolute Gasteiger partial charge is 0.320 e. The molecule has 7 nitrogen and oxygen atoms in total. The Morgan fingerprint density at radius 2 is 2.05 bits per heavy atom. The van der Waals surface area contributed by atoms with E-state index < -0.39 is 0 Å². The number of hydrogen-bond acceptors (Lipinski definition) is 4. The number of rotatable bonds is 3. The summed E-state index contributed by atoms with van der Waals surface area (Å²) in [4.78, 5) is 21.9. The highest BCUT2D eigenvalue weighted by Crippen LogP contribution is 2.13. The van der Waals surface area contributed by atoms with Crippen LogP contribution in [0.1, 0.15) is 11.4 Å². The first-order valence-electron chi connectivity index (χ1n) is 5.94. The summed E-state index contributed by atoms with van der Waals surface area (Å²) in [7, 11) is 3.47. The second kappa shape index (κ2) is 6.00. The fourth-order valence-corrected chi connectivity index (χ4v) is 1.83. The summed E-state index contributed by atoms with van der Waals surface area (Å²) in [6, 6.07) is -0.233. The zero-order valence-electron chi connectivity index (χ0n) is 11.5. The van der Waals surface area contributed by atoms with Gasteiger partial charge < -0.3 is 4.90 Å². The van der Waals surface area contributed by atoms with Crippen LogP contribution >= 0.6 is 15.9 Å². The molecule has 0 aromatic carbocycles. The molecule has 0 spiro atoms. The molecule has 0 saturated heterocycles. The SMILES string of the molecule is Cc1cnn(C)c1NC(=O)N(C)Cc1ncc(Br)cn1. The van der Waals surface area contributed by atoms with Gasteiger partial charge in [0.25, 0.3) is 0 Å². The van der Waals surface area contributed by atoms with Gasteiger partial charge in [0.15, 0.2) is 0 Å². The standard InChI is InChI=1S/C12H15BrN6O/c1-8-4-16-19(3)11(8)17-12(20)18(2)7-10-14-5-9(13)6-15-10/h4-6H,7H2,1-3H3,(H,17,20). The quantitative estimate of drug-likeness (QED) is 0.927. The van der Waals surface area contributed by atoms with E-state index in [1.165, 1.54) is 4.90 Å². The summed E-state index contributed by atoms with van der Waals surface area (Å²) in [5.41, 5.74) is 0.911. The highest BCUT2D eigenvalue weighted by Gasteiger charge is 2.14. The van der Waals surface area contributed by atoms with E-state index in [0.29, 0.717) is 18.2 Å². The van der Waals surface area contributed by atoms with Gasteiger partial charge >= 0.3 is 6.03 Å². The van der Waals surface area contributed by atoms with Crippen molar-refractivity contribution < 1.29 is 4.79 Å². The fourth-order valence-electron chi connectivity index (χ4n) is 1.63. The summed E-state index contributed by atoms with van der Waals surface area (Å²) in [6.45, 7) is 2.22. The molecular formula is C12H15BrN6O. The number of carbonyl (C=O) groups is 1. The molecule has 0 aliphatic heterocycles. The first-order valence-corrected chi connectivity index (χ1v) is 6.74. The molecule has 2 rings (SSSR count). The number of aromatic nitrogens is 4. The van der Waals surface area contributed by atoms with Crippen LogP contribution in [0.2, 0.25) is 0 Å². The highest BCUT2D eigenvalue weighted by atomic mass is 79.9. The van der Waals surface area contributed by atoms with Crippen molar-refractivity contribution in [3.05, 3.63) is 34.5 Å². The van der Waals surface area contributed by atoms with Crippen LogP contribution in [-0.2, 0) is 13.6 Å². The van der Waals surface area contributed by atoms with E-state index in [4.69, 9.17) is 0 Å². The van der Waals surface area contributed by atoms with Crippen molar-refractivity contribution in [2.75, 3.05) is 12.4 Å². The predicted molar refractivity (Wildman–Crippen MR) is 78.2 cm³/mol. The molecular weight excluding hydrogens is 324 g/mol. The lowest BCUT2D eigenvalue weighted by atomic mass is 10.4. The van der Waals surface area contributed by atoms with Crippen LogP contribution in [0.4, 0.5) is 10.6 Å². The molecule has 0 radical (unpaired) electrons. The number of urea groups is 1. The van der Waals surface area contributed by atoms with Gasteiger partial charge in [-0.25, -0.2) is 14.8 Å². The van der Waals surface area contributed by atoms with Crippen molar-refractivity contribution in [1.82, 2.24) is 24.6 Å². The van der Waals surface area contributed by atoms with Gasteiger partial charge in [-0.15, -0.1) is 0 Å². The van der Waals surface area contributed by atoms with Crippen LogP contribution in [0.3, 0.4) is 0 Å². The van der Waals surface area contributed by atoms with E-state index in [9.17, 15) is 4.79 Å². The summed E-state index contributed by atoms with van der Waals surface area (Å²) in [6.07, 6.45) is 5.01. The Bertz CT molecular complexity index is 589. The normalized spacial score (nSPS) is 10.4. The number of nitrogens with one attached hydrogen (secondary N) is 1. The van der Waals surface area contributed by atoms with Crippen LogP contribution in [0.5, 0.6) is 0 Å². The zero-order valence-corrected chi connectivity index (χ0v) is 13.0. The molecule has 2 aromatic heterocycles. The molecule has 0 atom stereocenters. The van der Waals surface area contributed by atoms with Crippen molar-refractivity contribution in [2.24, 2.45) is 7.05 Å². The van der Waals surface area contributed by atoms with Gasteiger partial charge in [-0.2, -0.15) is 5.10 Å². The average molecular weight is 339 g/mol. The minimum absolute atomic E-state index is 0.233. The molecule has 20 heavy (non-hydrogen) atoms. The third-order valence-corrected chi connectivity index (χ3v) is 3.16. The van der Waals surface area contributed by atoms with Crippen molar-refractivity contribution in [1.29, 1.82) is 0 Å². The maximum atomic E-state index is 12.1. The molecule has 1 N–H and O–H groups in total. The van der Waals surface area contributed by atoms with Crippen LogP contribution in [0.15, 0.2) is 23.1 Å². The number of halogens is 1. The van der Waals surface area contributed by atoms with Crippen molar-refractivity contribution in [3.8, 4) is 0 Å². The van der Waals surface area contributed by atoms with Crippen LogP contribution in [0, 0.1) is 6.92 Å². The van der Waals surface area contributed by atoms with Gasteiger partial charge in [0.2, 0.25) is 0 Å². The third kappa shape index (κ3) is 3.32. The molecule has 106 valence electrons. The van der Waals surface area contributed by atoms with Gasteiger partial charge in [-0.05, 0) is 22.9 Å². The Morgan fingerprint density at radius 3 is 2.60 bits per heavy atom. The zero-order chi connectivity index (χ0) is 14.7. The maximum absolute atomic E-state index is 12.1. The second-order valence-electron chi connectivity index (χ2n) is 4.40. The first-order chi connectivity index (χ1) is 9.47. The Kier molecular flexibility index (Phi) is 4.33. The maximum Gasteiger partial charge on any atom is 0.323 e. The Balaban J connectivity index is 2.00. The van der Waals surface area contributed by atoms with Gasteiger partial charge in [-0.1, -0.05) is 0 Å². The van der Waals surface area contributed by atoms with E-state index in [2.05, 4.69) is 36.3 Å². The molecule has 0 unspecified atom stereocenters. The first kappa shape index (κ1) is 14.4. The lowest BCUT2D eigenvalue weighted by Gasteiger charge is -2.17. The number of nitrogens with zero attached hydrogens (tertiary/aromatic N) is 5. The molecule has 2 aromatic rings. The average Bonchev–Trinajstić information content (AvgIpc) is 2.73. The van der Waals surface area contributed by atoms with Crippen LogP contribution < -0.4 is 5.32 Å². The van der Waals surface area contributed by atoms with Crippen molar-refractivity contribution in [2.45, 2.75) is 13.5 Å². The van der Waals surface area contributed by atoms with E-state index in [1.807, 2.05) is 6.92 Å². The van der Waals surface area contributed by atoms with E-state index in [1.54, 1.807) is 37.4 Å². The molecule has 2 heterocycles. The van der Waals surface area contributed by atoms with Gasteiger partial charge in [0, 0.05) is 32.1 Å². The molecule has 0 aliphatic rings. The van der Waals surface area contributed by atoms with E-state index in [-0.39, 0.29) is 6.03 Å². The van der Waals surface area contributed by atoms with Gasteiger partial charge in [0.1, 0.15) is 11.6 Å². The minimum atomic E-state index is -0.233. The summed E-state index contributed by atoms with van der Waals surface area (Å²) in [5.74, 6) is 1.26. The fraction of sp³-hybridized carbons (Fsp3) is 0.333. The second-order valence-corrected chi connectivity index (χ2v) is 5.32. The number of aryl methyl sites for hydroxylation is 2. The van der Waals surface area contributed by atoms with Crippen molar-refractivity contribution in [3.63, 3.8) is 0 Å². The van der Waals surface area contributed by atoms with Gasteiger partial charge in [0.05, 0.1) is 17.2 Å². The molecule has 2 amide bonds. The molecule has 0 saturated carbocycles. The number of hydrogen-bond donors (Lipinski definition) is 1. The molecule has 0 bridgehead atoms. The lowest BCUT2D eigenvalue weighted by molar-refractivity contribution is 0.219. The minimum Gasteiger partial charge on any atom is -0.320 e. The number of amides is 2. The summed E-state index contributed by atoms with van der Waals surface area (Å²) in [5, 5.41) is 6.89. The molecule has 8 heteroatoms. The lowest BCUT2D eigenvalue weighted by Crippen LogP contribution is -2.32. The Labute approximate surface area is 125 Å². The highest BCUT2D eigenvalue weighted by molar-refractivity contribution is 9.10. The van der Waals surface area contributed by atoms with Crippen molar-refractivity contribution >= 4 is 27.8 Å². The monoisotopic (exact) mass is 338 g/mol. The third-order valence-electron chi connectivity index (χ3n) is 2.75. The number of anilines is 1. The van der Waals surface area contributed by atoms with Crippen LogP contribution in [0.25, 0.3) is 0 Å². The molecule has 0 fully saturated rings. The Hall–Kier alpha value is -1.96.